The Balaban J connectivity index is 1.36. The fourth-order valence-corrected chi connectivity index (χ4v) is 4.96. The Kier molecular flexibility index (Phi) is 8.79. The number of rotatable bonds is 11. The van der Waals surface area contributed by atoms with Crippen molar-refractivity contribution in [2.24, 2.45) is 5.41 Å². The highest BCUT2D eigenvalue weighted by Gasteiger charge is 2.45. The summed E-state index contributed by atoms with van der Waals surface area (Å²) in [5.41, 5.74) is 2.81. The van der Waals surface area contributed by atoms with E-state index in [0.29, 0.717) is 24.6 Å². The molecule has 2 heterocycles. The van der Waals surface area contributed by atoms with Crippen molar-refractivity contribution in [1.82, 2.24) is 10.3 Å². The van der Waals surface area contributed by atoms with Gasteiger partial charge < -0.3 is 19.9 Å². The summed E-state index contributed by atoms with van der Waals surface area (Å²) >= 11 is 0. The summed E-state index contributed by atoms with van der Waals surface area (Å²) in [6.07, 6.45) is 6.39. The van der Waals surface area contributed by atoms with Crippen molar-refractivity contribution in [3.05, 3.63) is 84.2 Å². The van der Waals surface area contributed by atoms with Crippen molar-refractivity contribution in [2.45, 2.75) is 46.1 Å². The zero-order valence-corrected chi connectivity index (χ0v) is 22.8. The first kappa shape index (κ1) is 27.3. The van der Waals surface area contributed by atoms with Crippen molar-refractivity contribution in [2.75, 3.05) is 36.5 Å². The third kappa shape index (κ3) is 6.22. The van der Waals surface area contributed by atoms with Gasteiger partial charge in [0.15, 0.2) is 0 Å². The molecule has 0 bridgehead atoms. The number of hydrogen-bond acceptors (Lipinski definition) is 5. The second-order valence-electron chi connectivity index (χ2n) is 10.3. The highest BCUT2D eigenvalue weighted by molar-refractivity contribution is 6.20. The summed E-state index contributed by atoms with van der Waals surface area (Å²) in [5, 5.41) is 3.70. The third-order valence-corrected chi connectivity index (χ3v) is 7.09. The summed E-state index contributed by atoms with van der Waals surface area (Å²) in [6.45, 7) is 7.14. The lowest BCUT2D eigenvalue weighted by molar-refractivity contribution is -0.137. The molecule has 0 saturated carbocycles. The summed E-state index contributed by atoms with van der Waals surface area (Å²) < 4.78 is 6.07. The SMILES string of the molecule is CCN1C(=O)C(C)(C)C(=O)N(C)c2cc(OCCCNC(Cc3ccccc3)Cc3cccnc3)ccc21. The fraction of sp³-hybridized carbons (Fsp3) is 0.387. The van der Waals surface area contributed by atoms with Crippen molar-refractivity contribution in [3.8, 4) is 5.75 Å². The number of amides is 2. The van der Waals surface area contributed by atoms with E-state index in [4.69, 9.17) is 4.74 Å². The lowest BCUT2D eigenvalue weighted by atomic mass is 9.90. The molecule has 1 aromatic heterocycles. The summed E-state index contributed by atoms with van der Waals surface area (Å²) in [6, 6.07) is 20.5. The molecule has 0 aliphatic carbocycles. The quantitative estimate of drug-likeness (QED) is 0.298. The number of carbonyl (C=O) groups is 2. The van der Waals surface area contributed by atoms with E-state index in [0.717, 1.165) is 31.5 Å². The fourth-order valence-electron chi connectivity index (χ4n) is 4.96. The van der Waals surface area contributed by atoms with Gasteiger partial charge in [0.25, 0.3) is 0 Å². The van der Waals surface area contributed by atoms with Crippen LogP contribution in [0.15, 0.2) is 73.1 Å². The molecular weight excluding hydrogens is 476 g/mol. The van der Waals surface area contributed by atoms with Gasteiger partial charge >= 0.3 is 0 Å². The average Bonchev–Trinajstić information content (AvgIpc) is 2.98. The summed E-state index contributed by atoms with van der Waals surface area (Å²) in [7, 11) is 1.72. The van der Waals surface area contributed by atoms with Crippen molar-refractivity contribution in [1.29, 1.82) is 0 Å². The molecule has 3 aromatic rings. The van der Waals surface area contributed by atoms with E-state index >= 15 is 0 Å². The maximum atomic E-state index is 13.1. The standard InChI is InChI=1S/C31H38N4O3/c1-5-35-27-15-14-26(21-28(27)34(4)29(36)31(2,3)30(35)37)38-18-10-17-33-25(19-23-11-7-6-8-12-23)20-24-13-9-16-32-22-24/h6-9,11-16,21-22,25,33H,5,10,17-20H2,1-4H3. The number of anilines is 2. The van der Waals surface area contributed by atoms with Crippen molar-refractivity contribution < 1.29 is 14.3 Å². The lowest BCUT2D eigenvalue weighted by Crippen LogP contribution is -2.47. The van der Waals surface area contributed by atoms with Crippen LogP contribution in [0, 0.1) is 5.41 Å². The van der Waals surface area contributed by atoms with E-state index in [1.165, 1.54) is 11.1 Å². The van der Waals surface area contributed by atoms with E-state index < -0.39 is 5.41 Å². The number of aromatic nitrogens is 1. The van der Waals surface area contributed by atoms with Crippen molar-refractivity contribution >= 4 is 23.2 Å². The van der Waals surface area contributed by atoms with Gasteiger partial charge in [0, 0.05) is 38.1 Å². The molecular formula is C31H38N4O3. The molecule has 1 atom stereocenters. The Labute approximate surface area is 225 Å². The highest BCUT2D eigenvalue weighted by atomic mass is 16.5. The van der Waals surface area contributed by atoms with Crippen LogP contribution in [0.2, 0.25) is 0 Å². The van der Waals surface area contributed by atoms with Crippen LogP contribution >= 0.6 is 0 Å². The minimum atomic E-state index is -1.12. The molecule has 7 heteroatoms. The van der Waals surface area contributed by atoms with Gasteiger partial charge in [-0.15, -0.1) is 0 Å². The minimum Gasteiger partial charge on any atom is -0.493 e. The Morgan fingerprint density at radius 2 is 1.68 bits per heavy atom. The first-order valence-electron chi connectivity index (χ1n) is 13.3. The molecule has 0 saturated heterocycles. The predicted octanol–water partition coefficient (Wildman–Crippen LogP) is 4.65. The maximum Gasteiger partial charge on any atom is 0.242 e. The molecule has 38 heavy (non-hydrogen) atoms. The zero-order chi connectivity index (χ0) is 27.1. The van der Waals surface area contributed by atoms with E-state index in [-0.39, 0.29) is 17.9 Å². The second kappa shape index (κ2) is 12.2. The van der Waals surface area contributed by atoms with Crippen LogP contribution in [0.5, 0.6) is 5.75 Å². The van der Waals surface area contributed by atoms with Crippen LogP contribution in [0.1, 0.15) is 38.3 Å². The van der Waals surface area contributed by atoms with Gasteiger partial charge in [-0.1, -0.05) is 36.4 Å². The number of benzene rings is 2. The monoisotopic (exact) mass is 514 g/mol. The Hall–Kier alpha value is -3.71. The van der Waals surface area contributed by atoms with Gasteiger partial charge in [-0.3, -0.25) is 14.6 Å². The average molecular weight is 515 g/mol. The number of nitrogens with one attached hydrogen (secondary N) is 1. The second-order valence-corrected chi connectivity index (χ2v) is 10.3. The molecule has 200 valence electrons. The molecule has 0 fully saturated rings. The molecule has 1 unspecified atom stereocenters. The van der Waals surface area contributed by atoms with E-state index in [1.54, 1.807) is 36.9 Å². The predicted molar refractivity (Wildman–Crippen MR) is 152 cm³/mol. The number of nitrogens with zero attached hydrogens (tertiary/aromatic N) is 3. The Bertz CT molecular complexity index is 1190. The normalized spacial score (nSPS) is 15.7. The molecule has 0 spiro atoms. The molecule has 1 N–H and O–H groups in total. The maximum absolute atomic E-state index is 13.1. The van der Waals surface area contributed by atoms with Gasteiger partial charge in [-0.2, -0.15) is 0 Å². The van der Waals surface area contributed by atoms with Crippen molar-refractivity contribution in [3.63, 3.8) is 0 Å². The largest absolute Gasteiger partial charge is 0.493 e. The molecule has 4 rings (SSSR count). The molecule has 1 aliphatic rings. The van der Waals surface area contributed by atoms with Gasteiger partial charge in [-0.05, 0) is 75.9 Å². The van der Waals surface area contributed by atoms with Gasteiger partial charge in [0.1, 0.15) is 11.2 Å². The Morgan fingerprint density at radius 3 is 2.39 bits per heavy atom. The topological polar surface area (TPSA) is 74.8 Å². The third-order valence-electron chi connectivity index (χ3n) is 7.09. The van der Waals surface area contributed by atoms with E-state index in [9.17, 15) is 9.59 Å². The molecule has 7 nitrogen and oxygen atoms in total. The summed E-state index contributed by atoms with van der Waals surface area (Å²) in [4.78, 5) is 33.6. The molecule has 1 aliphatic heterocycles. The van der Waals surface area contributed by atoms with Crippen LogP contribution in [0.3, 0.4) is 0 Å². The lowest BCUT2D eigenvalue weighted by Gasteiger charge is -2.27. The van der Waals surface area contributed by atoms with Gasteiger partial charge in [0.2, 0.25) is 11.8 Å². The molecule has 2 aromatic carbocycles. The van der Waals surface area contributed by atoms with E-state index in [2.05, 4.69) is 40.6 Å². The number of pyridine rings is 1. The first-order chi connectivity index (χ1) is 18.3. The number of ether oxygens (including phenoxy) is 1. The van der Waals surface area contributed by atoms with Crippen LogP contribution in [0.4, 0.5) is 11.4 Å². The molecule has 2 amide bonds. The van der Waals surface area contributed by atoms with Gasteiger partial charge in [-0.25, -0.2) is 0 Å². The van der Waals surface area contributed by atoms with Crippen LogP contribution < -0.4 is 19.9 Å². The van der Waals surface area contributed by atoms with Crippen LogP contribution in [0.25, 0.3) is 0 Å². The van der Waals surface area contributed by atoms with Crippen LogP contribution in [-0.2, 0) is 22.4 Å². The summed E-state index contributed by atoms with van der Waals surface area (Å²) in [5.74, 6) is 0.272. The first-order valence-corrected chi connectivity index (χ1v) is 13.3. The van der Waals surface area contributed by atoms with Gasteiger partial charge in [0.05, 0.1) is 18.0 Å². The number of fused-ring (bicyclic) bond motifs is 1. The number of carbonyl (C=O) groups excluding carboxylic acids is 2. The zero-order valence-electron chi connectivity index (χ0n) is 22.8. The van der Waals surface area contributed by atoms with Crippen LogP contribution in [-0.4, -0.2) is 49.6 Å². The minimum absolute atomic E-state index is 0.188. The number of hydrogen-bond donors (Lipinski definition) is 1. The van der Waals surface area contributed by atoms with E-state index in [1.807, 2.05) is 43.5 Å². The Morgan fingerprint density at radius 1 is 0.947 bits per heavy atom. The smallest absolute Gasteiger partial charge is 0.242 e. The highest BCUT2D eigenvalue weighted by Crippen LogP contribution is 2.40. The molecule has 0 radical (unpaired) electrons.